The fourth-order valence-corrected chi connectivity index (χ4v) is 3.11. The quantitative estimate of drug-likeness (QED) is 0.466. The molecule has 0 bridgehead atoms. The molecule has 1 saturated carbocycles. The van der Waals surface area contributed by atoms with E-state index in [9.17, 15) is 0 Å². The normalized spacial score (nSPS) is 23.1. The number of aliphatic imine (C=N–C) groups is 1. The average Bonchev–Trinajstić information content (AvgIpc) is 2.88. The fraction of sp³-hybridized carbons (Fsp3) is 0.812. The maximum atomic E-state index is 4.34. The summed E-state index contributed by atoms with van der Waals surface area (Å²) < 4.78 is 0. The first-order valence-corrected chi connectivity index (χ1v) is 8.00. The van der Waals surface area contributed by atoms with E-state index in [-0.39, 0.29) is 0 Å². The number of hydrogen-bond acceptors (Lipinski definition) is 1. The van der Waals surface area contributed by atoms with Gasteiger partial charge in [0.15, 0.2) is 5.96 Å². The maximum Gasteiger partial charge on any atom is 0.191 e. The van der Waals surface area contributed by atoms with Gasteiger partial charge < -0.3 is 10.6 Å². The Balaban J connectivity index is 1.69. The molecule has 0 unspecified atom stereocenters. The molecule has 2 aliphatic rings. The van der Waals surface area contributed by atoms with Crippen molar-refractivity contribution in [1.29, 1.82) is 0 Å². The summed E-state index contributed by atoms with van der Waals surface area (Å²) in [4.78, 5) is 4.34. The zero-order valence-electron chi connectivity index (χ0n) is 12.3. The van der Waals surface area contributed by atoms with Gasteiger partial charge in [-0.2, -0.15) is 0 Å². The van der Waals surface area contributed by atoms with Crippen molar-refractivity contribution in [3.05, 3.63) is 12.2 Å². The Kier molecular flexibility index (Phi) is 6.25. The third kappa shape index (κ3) is 5.25. The van der Waals surface area contributed by atoms with E-state index in [4.69, 9.17) is 0 Å². The molecule has 0 atom stereocenters. The largest absolute Gasteiger partial charge is 0.356 e. The summed E-state index contributed by atoms with van der Waals surface area (Å²) >= 11 is 0. The molecule has 0 heterocycles. The molecular weight excluding hydrogens is 234 g/mol. The number of nitrogens with zero attached hydrogens (tertiary/aromatic N) is 1. The van der Waals surface area contributed by atoms with Gasteiger partial charge in [0, 0.05) is 19.6 Å². The minimum Gasteiger partial charge on any atom is -0.356 e. The molecule has 0 amide bonds. The van der Waals surface area contributed by atoms with Crippen molar-refractivity contribution in [2.45, 2.75) is 63.8 Å². The number of guanidine groups is 1. The van der Waals surface area contributed by atoms with Gasteiger partial charge in [0.2, 0.25) is 0 Å². The standard InChI is InChI=1S/C16H29N3/c1-17-16(19-15-11-7-8-12-15)18-13-14-9-5-3-2-4-6-10-14/h7-8,14-15H,2-6,9-13H2,1H3,(H2,17,18,19). The summed E-state index contributed by atoms with van der Waals surface area (Å²) in [6, 6.07) is 0.545. The fourth-order valence-electron chi connectivity index (χ4n) is 3.11. The molecule has 0 radical (unpaired) electrons. The molecule has 0 aromatic carbocycles. The SMILES string of the molecule is CN=C(NCC1CCCCCCC1)NC1CC=CC1. The van der Waals surface area contributed by atoms with Crippen LogP contribution in [0.4, 0.5) is 0 Å². The lowest BCUT2D eigenvalue weighted by Gasteiger charge is -2.22. The lowest BCUT2D eigenvalue weighted by molar-refractivity contribution is 0.374. The lowest BCUT2D eigenvalue weighted by Crippen LogP contribution is -2.44. The molecular formula is C16H29N3. The van der Waals surface area contributed by atoms with Gasteiger partial charge in [-0.3, -0.25) is 4.99 Å². The molecule has 3 heteroatoms. The molecule has 0 aromatic heterocycles. The first-order valence-electron chi connectivity index (χ1n) is 8.00. The van der Waals surface area contributed by atoms with Gasteiger partial charge in [-0.25, -0.2) is 0 Å². The molecule has 2 N–H and O–H groups in total. The molecule has 0 aromatic rings. The molecule has 1 fully saturated rings. The van der Waals surface area contributed by atoms with E-state index < -0.39 is 0 Å². The second-order valence-electron chi connectivity index (χ2n) is 5.95. The van der Waals surface area contributed by atoms with Crippen molar-refractivity contribution in [3.8, 4) is 0 Å². The Morgan fingerprint density at radius 1 is 1.05 bits per heavy atom. The first kappa shape index (κ1) is 14.4. The van der Waals surface area contributed by atoms with Crippen LogP contribution in [0, 0.1) is 5.92 Å². The number of nitrogens with one attached hydrogen (secondary N) is 2. The number of rotatable bonds is 3. The summed E-state index contributed by atoms with van der Waals surface area (Å²) in [6.45, 7) is 1.08. The molecule has 0 spiro atoms. The van der Waals surface area contributed by atoms with Crippen LogP contribution in [-0.2, 0) is 0 Å². The van der Waals surface area contributed by atoms with Crippen LogP contribution in [0.15, 0.2) is 17.1 Å². The van der Waals surface area contributed by atoms with Crippen molar-refractivity contribution < 1.29 is 0 Å². The molecule has 2 aliphatic carbocycles. The molecule has 19 heavy (non-hydrogen) atoms. The van der Waals surface area contributed by atoms with Gasteiger partial charge in [-0.1, -0.05) is 44.3 Å². The van der Waals surface area contributed by atoms with Crippen molar-refractivity contribution in [2.75, 3.05) is 13.6 Å². The molecule has 0 aliphatic heterocycles. The minimum atomic E-state index is 0.545. The molecule has 2 rings (SSSR count). The average molecular weight is 263 g/mol. The Bertz CT molecular complexity index is 293. The van der Waals surface area contributed by atoms with Crippen molar-refractivity contribution in [1.82, 2.24) is 10.6 Å². The predicted octanol–water partition coefficient (Wildman–Crippen LogP) is 3.23. The highest BCUT2D eigenvalue weighted by Gasteiger charge is 2.14. The van der Waals surface area contributed by atoms with E-state index in [1.165, 1.54) is 44.9 Å². The topological polar surface area (TPSA) is 36.4 Å². The van der Waals surface area contributed by atoms with Crippen LogP contribution in [0.1, 0.15) is 57.8 Å². The Morgan fingerprint density at radius 3 is 2.32 bits per heavy atom. The van der Waals surface area contributed by atoms with Gasteiger partial charge in [0.05, 0.1) is 0 Å². The summed E-state index contributed by atoms with van der Waals surface area (Å²) in [7, 11) is 1.87. The molecule has 108 valence electrons. The van der Waals surface area contributed by atoms with E-state index >= 15 is 0 Å². The zero-order valence-corrected chi connectivity index (χ0v) is 12.3. The Hall–Kier alpha value is -0.990. The van der Waals surface area contributed by atoms with Crippen molar-refractivity contribution in [2.24, 2.45) is 10.9 Å². The lowest BCUT2D eigenvalue weighted by atomic mass is 9.91. The van der Waals surface area contributed by atoms with Gasteiger partial charge in [0.1, 0.15) is 0 Å². The van der Waals surface area contributed by atoms with Crippen molar-refractivity contribution >= 4 is 5.96 Å². The second kappa shape index (κ2) is 8.23. The van der Waals surface area contributed by atoms with Crippen LogP contribution in [0.5, 0.6) is 0 Å². The maximum absolute atomic E-state index is 4.34. The van der Waals surface area contributed by atoms with E-state index in [2.05, 4.69) is 27.8 Å². The Morgan fingerprint density at radius 2 is 1.68 bits per heavy atom. The highest BCUT2D eigenvalue weighted by Crippen LogP contribution is 2.21. The van der Waals surface area contributed by atoms with Crippen LogP contribution in [-0.4, -0.2) is 25.6 Å². The minimum absolute atomic E-state index is 0.545. The smallest absolute Gasteiger partial charge is 0.191 e. The Labute approximate surface area is 118 Å². The zero-order chi connectivity index (χ0) is 13.3. The van der Waals surface area contributed by atoms with E-state index in [1.54, 1.807) is 0 Å². The highest BCUT2D eigenvalue weighted by molar-refractivity contribution is 5.80. The van der Waals surface area contributed by atoms with Crippen LogP contribution in [0.3, 0.4) is 0 Å². The summed E-state index contributed by atoms with van der Waals surface area (Å²) in [5.74, 6) is 1.82. The van der Waals surface area contributed by atoms with Gasteiger partial charge in [-0.05, 0) is 31.6 Å². The molecule has 0 saturated heterocycles. The third-order valence-corrected chi connectivity index (χ3v) is 4.36. The second-order valence-corrected chi connectivity index (χ2v) is 5.95. The van der Waals surface area contributed by atoms with E-state index in [1.807, 2.05) is 7.05 Å². The van der Waals surface area contributed by atoms with Gasteiger partial charge in [-0.15, -0.1) is 0 Å². The third-order valence-electron chi connectivity index (χ3n) is 4.36. The van der Waals surface area contributed by atoms with Gasteiger partial charge >= 0.3 is 0 Å². The van der Waals surface area contributed by atoms with Crippen LogP contribution in [0.25, 0.3) is 0 Å². The number of hydrogen-bond donors (Lipinski definition) is 2. The summed E-state index contributed by atoms with van der Waals surface area (Å²) in [5.41, 5.74) is 0. The van der Waals surface area contributed by atoms with Gasteiger partial charge in [0.25, 0.3) is 0 Å². The van der Waals surface area contributed by atoms with Crippen molar-refractivity contribution in [3.63, 3.8) is 0 Å². The predicted molar refractivity (Wildman–Crippen MR) is 82.5 cm³/mol. The van der Waals surface area contributed by atoms with E-state index in [0.29, 0.717) is 6.04 Å². The van der Waals surface area contributed by atoms with Crippen LogP contribution >= 0.6 is 0 Å². The summed E-state index contributed by atoms with van der Waals surface area (Å²) in [5, 5.41) is 7.03. The monoisotopic (exact) mass is 263 g/mol. The van der Waals surface area contributed by atoms with Crippen LogP contribution < -0.4 is 10.6 Å². The summed E-state index contributed by atoms with van der Waals surface area (Å²) in [6.07, 6.45) is 16.6. The van der Waals surface area contributed by atoms with Crippen LogP contribution in [0.2, 0.25) is 0 Å². The highest BCUT2D eigenvalue weighted by atomic mass is 15.2. The first-order chi connectivity index (χ1) is 9.38. The molecule has 3 nitrogen and oxygen atoms in total. The van der Waals surface area contributed by atoms with E-state index in [0.717, 1.165) is 31.3 Å².